The van der Waals surface area contributed by atoms with Crippen LogP contribution in [0.1, 0.15) is 43.4 Å². The second kappa shape index (κ2) is 14.1. The summed E-state index contributed by atoms with van der Waals surface area (Å²) in [6.45, 7) is 4.71. The SMILES string of the molecule is CCCNC(=O)[C@@H](CC)N(Cc1ccccc1Cl)C(=O)CN(c1cccc(C(F)(F)F)c1)S(=O)(=O)c1ccc(C)cc1. The third-order valence-electron chi connectivity index (χ3n) is 6.58. The Kier molecular flexibility index (Phi) is 11.0. The highest BCUT2D eigenvalue weighted by Crippen LogP contribution is 2.33. The monoisotopic (exact) mass is 623 g/mol. The molecule has 42 heavy (non-hydrogen) atoms. The van der Waals surface area contributed by atoms with Gasteiger partial charge in [0.05, 0.1) is 16.1 Å². The van der Waals surface area contributed by atoms with Gasteiger partial charge in [-0.15, -0.1) is 0 Å². The van der Waals surface area contributed by atoms with Gasteiger partial charge in [0.25, 0.3) is 10.0 Å². The molecule has 226 valence electrons. The van der Waals surface area contributed by atoms with Gasteiger partial charge in [0.2, 0.25) is 11.8 Å². The van der Waals surface area contributed by atoms with Gasteiger partial charge < -0.3 is 10.2 Å². The molecule has 0 radical (unpaired) electrons. The molecule has 0 aromatic heterocycles. The quantitative estimate of drug-likeness (QED) is 0.260. The number of hydrogen-bond acceptors (Lipinski definition) is 4. The van der Waals surface area contributed by atoms with Gasteiger partial charge in [-0.1, -0.05) is 67.4 Å². The number of hydrogen-bond donors (Lipinski definition) is 1. The molecule has 12 heteroatoms. The maximum absolute atomic E-state index is 14.0. The summed E-state index contributed by atoms with van der Waals surface area (Å²) in [7, 11) is -4.52. The number of aryl methyl sites for hydroxylation is 1. The number of rotatable bonds is 12. The number of nitrogens with one attached hydrogen (secondary N) is 1. The summed E-state index contributed by atoms with van der Waals surface area (Å²) in [5.74, 6) is -1.23. The molecule has 7 nitrogen and oxygen atoms in total. The van der Waals surface area contributed by atoms with Crippen LogP contribution < -0.4 is 9.62 Å². The molecule has 0 saturated carbocycles. The lowest BCUT2D eigenvalue weighted by Gasteiger charge is -2.33. The van der Waals surface area contributed by atoms with Gasteiger partial charge in [-0.25, -0.2) is 8.42 Å². The van der Waals surface area contributed by atoms with Crippen LogP contribution in [0.4, 0.5) is 18.9 Å². The Morgan fingerprint density at radius 1 is 0.976 bits per heavy atom. The minimum Gasteiger partial charge on any atom is -0.354 e. The number of halogens is 4. The van der Waals surface area contributed by atoms with Gasteiger partial charge in [0.15, 0.2) is 0 Å². The standard InChI is InChI=1S/C30H33ClF3N3O4S/c1-4-17-35-29(39)27(5-2)36(19-22-9-6-7-12-26(22)31)28(38)20-37(24-11-8-10-23(18-24)30(32,33)34)42(40,41)25-15-13-21(3)14-16-25/h6-16,18,27H,4-5,17,19-20H2,1-3H3,(H,35,39)/t27-/m1/s1. The van der Waals surface area contributed by atoms with Gasteiger partial charge in [0, 0.05) is 18.1 Å². The van der Waals surface area contributed by atoms with Crippen molar-refractivity contribution in [1.82, 2.24) is 10.2 Å². The Morgan fingerprint density at radius 2 is 1.64 bits per heavy atom. The topological polar surface area (TPSA) is 86.8 Å². The van der Waals surface area contributed by atoms with E-state index >= 15 is 0 Å². The Labute approximate surface area is 249 Å². The molecule has 0 aliphatic rings. The number of sulfonamides is 1. The highest BCUT2D eigenvalue weighted by atomic mass is 35.5. The number of nitrogens with zero attached hydrogens (tertiary/aromatic N) is 2. The fourth-order valence-corrected chi connectivity index (χ4v) is 5.90. The summed E-state index contributed by atoms with van der Waals surface area (Å²) in [5.41, 5.74) is -0.138. The molecule has 2 amide bonds. The van der Waals surface area contributed by atoms with Crippen LogP contribution >= 0.6 is 11.6 Å². The highest BCUT2D eigenvalue weighted by Gasteiger charge is 2.36. The lowest BCUT2D eigenvalue weighted by Crippen LogP contribution is -2.52. The van der Waals surface area contributed by atoms with E-state index in [9.17, 15) is 31.2 Å². The summed E-state index contributed by atoms with van der Waals surface area (Å²) in [5, 5.41) is 3.10. The fraction of sp³-hybridized carbons (Fsp3) is 0.333. The van der Waals surface area contributed by atoms with Crippen molar-refractivity contribution in [1.29, 1.82) is 0 Å². The van der Waals surface area contributed by atoms with Gasteiger partial charge >= 0.3 is 6.18 Å². The van der Waals surface area contributed by atoms with Crippen molar-refractivity contribution in [2.75, 3.05) is 17.4 Å². The number of benzene rings is 3. The second-order valence-electron chi connectivity index (χ2n) is 9.70. The molecular formula is C30H33ClF3N3O4S. The third-order valence-corrected chi connectivity index (χ3v) is 8.74. The van der Waals surface area contributed by atoms with E-state index in [0.717, 1.165) is 17.7 Å². The largest absolute Gasteiger partial charge is 0.416 e. The van der Waals surface area contributed by atoms with Crippen LogP contribution in [0.15, 0.2) is 77.7 Å². The van der Waals surface area contributed by atoms with E-state index in [1.54, 1.807) is 50.2 Å². The van der Waals surface area contributed by atoms with E-state index in [2.05, 4.69) is 5.32 Å². The molecule has 0 spiro atoms. The Hall–Kier alpha value is -3.57. The third kappa shape index (κ3) is 8.04. The summed E-state index contributed by atoms with van der Waals surface area (Å²) < 4.78 is 69.2. The molecular weight excluding hydrogens is 591 g/mol. The van der Waals surface area contributed by atoms with Gasteiger partial charge in [-0.3, -0.25) is 13.9 Å². The first-order valence-electron chi connectivity index (χ1n) is 13.4. The number of anilines is 1. The average Bonchev–Trinajstić information content (AvgIpc) is 2.95. The first-order chi connectivity index (χ1) is 19.8. The van der Waals surface area contributed by atoms with Crippen molar-refractivity contribution in [2.24, 2.45) is 0 Å². The van der Waals surface area contributed by atoms with Crippen molar-refractivity contribution in [3.8, 4) is 0 Å². The Balaban J connectivity index is 2.12. The minimum atomic E-state index is -4.75. The number of carbonyl (C=O) groups is 2. The van der Waals surface area contributed by atoms with Crippen molar-refractivity contribution in [3.63, 3.8) is 0 Å². The van der Waals surface area contributed by atoms with Gasteiger partial charge in [0.1, 0.15) is 12.6 Å². The fourth-order valence-electron chi connectivity index (χ4n) is 4.30. The summed E-state index contributed by atoms with van der Waals surface area (Å²) in [6, 6.07) is 15.2. The zero-order valence-corrected chi connectivity index (χ0v) is 25.1. The van der Waals surface area contributed by atoms with Gasteiger partial charge in [-0.2, -0.15) is 13.2 Å². The van der Waals surface area contributed by atoms with Crippen LogP contribution in [-0.2, 0) is 32.3 Å². The molecule has 3 aromatic rings. The highest BCUT2D eigenvalue weighted by molar-refractivity contribution is 7.92. The second-order valence-corrected chi connectivity index (χ2v) is 12.0. The van der Waals surface area contributed by atoms with Crippen molar-refractivity contribution < 1.29 is 31.2 Å². The minimum absolute atomic E-state index is 0.127. The molecule has 0 aliphatic carbocycles. The summed E-state index contributed by atoms with van der Waals surface area (Å²) in [6.07, 6.45) is -3.90. The molecule has 3 rings (SSSR count). The molecule has 0 fully saturated rings. The smallest absolute Gasteiger partial charge is 0.354 e. The van der Waals surface area contributed by atoms with Crippen LogP contribution in [0.3, 0.4) is 0 Å². The first kappa shape index (κ1) is 32.9. The Bertz CT molecular complexity index is 1500. The van der Waals surface area contributed by atoms with Crippen LogP contribution in [0.25, 0.3) is 0 Å². The number of alkyl halides is 3. The molecule has 0 heterocycles. The molecule has 0 saturated heterocycles. The average molecular weight is 624 g/mol. The lowest BCUT2D eigenvalue weighted by molar-refractivity contribution is -0.140. The van der Waals surface area contributed by atoms with Crippen molar-refractivity contribution in [3.05, 3.63) is 94.5 Å². The number of amides is 2. The molecule has 0 unspecified atom stereocenters. The maximum atomic E-state index is 14.0. The van der Waals surface area contributed by atoms with Crippen LogP contribution in [0.5, 0.6) is 0 Å². The molecule has 0 aliphatic heterocycles. The van der Waals surface area contributed by atoms with E-state index in [0.29, 0.717) is 33.9 Å². The molecule has 3 aromatic carbocycles. The van der Waals surface area contributed by atoms with Crippen molar-refractivity contribution >= 4 is 39.1 Å². The Morgan fingerprint density at radius 3 is 2.24 bits per heavy atom. The van der Waals surface area contributed by atoms with E-state index in [1.165, 1.54) is 23.1 Å². The normalized spacial score (nSPS) is 12.5. The number of carbonyl (C=O) groups excluding carboxylic acids is 2. The predicted molar refractivity (Wildman–Crippen MR) is 157 cm³/mol. The molecule has 1 N–H and O–H groups in total. The van der Waals surface area contributed by atoms with E-state index in [4.69, 9.17) is 11.6 Å². The van der Waals surface area contributed by atoms with Crippen molar-refractivity contribution in [2.45, 2.75) is 57.3 Å². The van der Waals surface area contributed by atoms with Gasteiger partial charge in [-0.05, 0) is 61.7 Å². The van der Waals surface area contributed by atoms with Crippen LogP contribution in [-0.4, -0.2) is 44.3 Å². The van der Waals surface area contributed by atoms with Crippen LogP contribution in [0.2, 0.25) is 5.02 Å². The first-order valence-corrected chi connectivity index (χ1v) is 15.2. The zero-order valence-electron chi connectivity index (χ0n) is 23.5. The van der Waals surface area contributed by atoms with E-state index in [-0.39, 0.29) is 23.5 Å². The molecule has 1 atom stereocenters. The van der Waals surface area contributed by atoms with E-state index in [1.807, 2.05) is 6.92 Å². The molecule has 0 bridgehead atoms. The summed E-state index contributed by atoms with van der Waals surface area (Å²) >= 11 is 6.36. The lowest BCUT2D eigenvalue weighted by atomic mass is 10.1. The zero-order chi connectivity index (χ0) is 31.1. The summed E-state index contributed by atoms with van der Waals surface area (Å²) in [4.78, 5) is 28.1. The van der Waals surface area contributed by atoms with E-state index < -0.39 is 46.2 Å². The van der Waals surface area contributed by atoms with Crippen LogP contribution in [0, 0.1) is 6.92 Å². The maximum Gasteiger partial charge on any atom is 0.416 e. The predicted octanol–water partition coefficient (Wildman–Crippen LogP) is 6.20.